The van der Waals surface area contributed by atoms with Crippen molar-refractivity contribution < 1.29 is 19.0 Å². The molecule has 1 fully saturated rings. The minimum Gasteiger partial charge on any atom is -0.507 e. The highest BCUT2D eigenvalue weighted by molar-refractivity contribution is 6.14. The topological polar surface area (TPSA) is 86.5 Å². The summed E-state index contributed by atoms with van der Waals surface area (Å²) in [7, 11) is 0. The zero-order valence-electron chi connectivity index (χ0n) is 20.8. The Morgan fingerprint density at radius 1 is 1.43 bits per heavy atom. The van der Waals surface area contributed by atoms with E-state index in [-0.39, 0.29) is 29.0 Å². The number of allylic oxidation sites excluding steroid dienone is 4. The number of aliphatic imine (C=N–C) groups is 2. The lowest BCUT2D eigenvalue weighted by atomic mass is 9.96. The molecule has 1 aromatic carbocycles. The number of alkyl carbamates (subject to hydrolysis) is 1. The van der Waals surface area contributed by atoms with Crippen LogP contribution in [0.5, 0.6) is 5.75 Å². The van der Waals surface area contributed by atoms with Crippen LogP contribution in [0.3, 0.4) is 0 Å². The van der Waals surface area contributed by atoms with Crippen LogP contribution < -0.4 is 5.32 Å². The second-order valence-electron chi connectivity index (χ2n) is 9.34. The molecule has 0 spiro atoms. The van der Waals surface area contributed by atoms with E-state index in [9.17, 15) is 14.3 Å². The molecule has 7 nitrogen and oxygen atoms in total. The molecular formula is C27H35FN4O3. The smallest absolute Gasteiger partial charge is 0.407 e. The summed E-state index contributed by atoms with van der Waals surface area (Å²) in [6, 6.07) is 4.17. The molecule has 3 rings (SSSR count). The van der Waals surface area contributed by atoms with Gasteiger partial charge in [-0.05, 0) is 43.7 Å². The van der Waals surface area contributed by atoms with Crippen LogP contribution in [0, 0.1) is 17.7 Å². The minimum atomic E-state index is -0.567. The van der Waals surface area contributed by atoms with Crippen LogP contribution in [0.15, 0.2) is 64.1 Å². The first-order valence-corrected chi connectivity index (χ1v) is 12.0. The third-order valence-electron chi connectivity index (χ3n) is 5.88. The molecule has 1 aromatic rings. The fraction of sp³-hybridized carbons (Fsp3) is 0.444. The number of halogens is 1. The number of phenols is 1. The number of amides is 1. The van der Waals surface area contributed by atoms with Crippen LogP contribution in [0.25, 0.3) is 0 Å². The first-order chi connectivity index (χ1) is 16.8. The van der Waals surface area contributed by atoms with E-state index in [2.05, 4.69) is 21.8 Å². The van der Waals surface area contributed by atoms with Crippen molar-refractivity contribution in [2.45, 2.75) is 33.6 Å². The average molecular weight is 483 g/mol. The summed E-state index contributed by atoms with van der Waals surface area (Å²) in [6.45, 7) is 12.4. The zero-order chi connectivity index (χ0) is 25.4. The highest BCUT2D eigenvalue weighted by atomic mass is 19.1. The van der Waals surface area contributed by atoms with Gasteiger partial charge in [0.15, 0.2) is 5.84 Å². The minimum absolute atomic E-state index is 0.00462. The normalized spacial score (nSPS) is 19.9. The molecule has 0 bridgehead atoms. The highest BCUT2D eigenvalue weighted by Gasteiger charge is 2.28. The van der Waals surface area contributed by atoms with Gasteiger partial charge in [0, 0.05) is 25.2 Å². The van der Waals surface area contributed by atoms with Crippen molar-refractivity contribution in [1.82, 2.24) is 10.2 Å². The van der Waals surface area contributed by atoms with E-state index in [1.165, 1.54) is 18.2 Å². The van der Waals surface area contributed by atoms with Gasteiger partial charge in [0.1, 0.15) is 17.4 Å². The third kappa shape index (κ3) is 7.28. The number of likely N-dealkylation sites (tertiary alicyclic amines) is 1. The Morgan fingerprint density at radius 2 is 2.23 bits per heavy atom. The van der Waals surface area contributed by atoms with Crippen LogP contribution in [-0.4, -0.2) is 60.6 Å². The summed E-state index contributed by atoms with van der Waals surface area (Å²) in [5.74, 6) is 0.620. The molecule has 8 heteroatoms. The number of benzene rings is 1. The summed E-state index contributed by atoms with van der Waals surface area (Å²) >= 11 is 0. The van der Waals surface area contributed by atoms with Crippen molar-refractivity contribution in [3.8, 4) is 5.75 Å². The first-order valence-electron chi connectivity index (χ1n) is 12.0. The maximum Gasteiger partial charge on any atom is 0.407 e. The maximum absolute atomic E-state index is 14.5. The van der Waals surface area contributed by atoms with E-state index in [1.54, 1.807) is 6.08 Å². The monoisotopic (exact) mass is 482 g/mol. The van der Waals surface area contributed by atoms with Gasteiger partial charge in [-0.1, -0.05) is 50.3 Å². The van der Waals surface area contributed by atoms with Crippen molar-refractivity contribution in [2.24, 2.45) is 21.8 Å². The van der Waals surface area contributed by atoms with Gasteiger partial charge in [-0.25, -0.2) is 14.2 Å². The summed E-state index contributed by atoms with van der Waals surface area (Å²) in [4.78, 5) is 23.3. The van der Waals surface area contributed by atoms with Gasteiger partial charge >= 0.3 is 6.09 Å². The molecule has 1 unspecified atom stereocenters. The van der Waals surface area contributed by atoms with Gasteiger partial charge in [-0.3, -0.25) is 4.99 Å². The van der Waals surface area contributed by atoms with Gasteiger partial charge in [0.2, 0.25) is 0 Å². The Balaban J connectivity index is 1.82. The number of ether oxygens (including phenoxy) is 1. The second kappa shape index (κ2) is 12.3. The van der Waals surface area contributed by atoms with Crippen LogP contribution in [0.4, 0.5) is 9.18 Å². The van der Waals surface area contributed by atoms with Crippen molar-refractivity contribution in [3.05, 3.63) is 65.5 Å². The molecule has 1 amide bonds. The molecule has 0 radical (unpaired) electrons. The van der Waals surface area contributed by atoms with Gasteiger partial charge in [0.25, 0.3) is 0 Å². The summed E-state index contributed by atoms with van der Waals surface area (Å²) in [5.41, 5.74) is 1.90. The SMILES string of the molecule is C=C/C(C)=C\C=C1/CN=C(c2c(O)cccc2F)N=C1N1CCCC(CNC(=O)OCC(C)C)C1. The Bertz CT molecular complexity index is 1040. The van der Waals surface area contributed by atoms with Crippen molar-refractivity contribution in [3.63, 3.8) is 0 Å². The lowest BCUT2D eigenvalue weighted by Gasteiger charge is -2.36. The third-order valence-corrected chi connectivity index (χ3v) is 5.88. The second-order valence-corrected chi connectivity index (χ2v) is 9.34. The number of aromatic hydroxyl groups is 1. The molecule has 2 aliphatic rings. The molecular weight excluding hydrogens is 447 g/mol. The lowest BCUT2D eigenvalue weighted by Crippen LogP contribution is -2.45. The largest absolute Gasteiger partial charge is 0.507 e. The predicted molar refractivity (Wildman–Crippen MR) is 137 cm³/mol. The molecule has 1 atom stereocenters. The Morgan fingerprint density at radius 3 is 2.94 bits per heavy atom. The van der Waals surface area contributed by atoms with E-state index in [0.717, 1.165) is 30.5 Å². The van der Waals surface area contributed by atoms with E-state index in [4.69, 9.17) is 9.73 Å². The lowest BCUT2D eigenvalue weighted by molar-refractivity contribution is 0.129. The number of rotatable bonds is 7. The van der Waals surface area contributed by atoms with Crippen LogP contribution in [-0.2, 0) is 4.74 Å². The molecule has 2 N–H and O–H groups in total. The van der Waals surface area contributed by atoms with Crippen molar-refractivity contribution in [1.29, 1.82) is 0 Å². The predicted octanol–water partition coefficient (Wildman–Crippen LogP) is 4.84. The van der Waals surface area contributed by atoms with Crippen LogP contribution in [0.2, 0.25) is 0 Å². The van der Waals surface area contributed by atoms with Gasteiger partial charge in [-0.2, -0.15) is 0 Å². The number of amidine groups is 2. The molecule has 0 aromatic heterocycles. The Hall–Kier alpha value is -3.42. The molecule has 0 saturated carbocycles. The highest BCUT2D eigenvalue weighted by Crippen LogP contribution is 2.26. The zero-order valence-corrected chi connectivity index (χ0v) is 20.8. The van der Waals surface area contributed by atoms with Crippen molar-refractivity contribution >= 4 is 17.8 Å². The number of carbonyl (C=O) groups excluding carboxylic acids is 1. The number of hydrogen-bond acceptors (Lipinski definition) is 6. The van der Waals surface area contributed by atoms with Gasteiger partial charge < -0.3 is 20.1 Å². The molecule has 188 valence electrons. The Kier molecular flexibility index (Phi) is 9.23. The quantitative estimate of drug-likeness (QED) is 0.545. The molecule has 0 aliphatic carbocycles. The van der Waals surface area contributed by atoms with E-state index < -0.39 is 11.9 Å². The maximum atomic E-state index is 14.5. The summed E-state index contributed by atoms with van der Waals surface area (Å²) < 4.78 is 19.8. The van der Waals surface area contributed by atoms with E-state index in [0.29, 0.717) is 32.1 Å². The van der Waals surface area contributed by atoms with Gasteiger partial charge in [-0.15, -0.1) is 0 Å². The van der Waals surface area contributed by atoms with E-state index in [1.807, 2.05) is 32.9 Å². The van der Waals surface area contributed by atoms with Crippen molar-refractivity contribution in [2.75, 3.05) is 32.8 Å². The molecule has 2 heterocycles. The standard InChI is InChI=1S/C27H35FN4O3/c1-5-19(4)11-12-21-15-29-25(24-22(28)9-6-10-23(24)33)31-26(21)32-13-7-8-20(16-32)14-30-27(34)35-17-18(2)3/h5-6,9-12,18,20,33H,1,7-8,13-17H2,2-4H3,(H,30,34)/b19-11-,21-12+. The Labute approximate surface area is 206 Å². The summed E-state index contributed by atoms with van der Waals surface area (Å²) in [6.07, 6.45) is 7.18. The van der Waals surface area contributed by atoms with Crippen LogP contribution in [0.1, 0.15) is 39.2 Å². The number of phenolic OH excluding ortho intramolecular Hbond substituents is 1. The number of hydrogen-bond donors (Lipinski definition) is 2. The molecule has 35 heavy (non-hydrogen) atoms. The fourth-order valence-corrected chi connectivity index (χ4v) is 3.95. The number of carbonyl (C=O) groups is 1. The average Bonchev–Trinajstić information content (AvgIpc) is 2.85. The van der Waals surface area contributed by atoms with Crippen LogP contribution >= 0.6 is 0 Å². The summed E-state index contributed by atoms with van der Waals surface area (Å²) in [5, 5.41) is 13.1. The first kappa shape index (κ1) is 26.2. The van der Waals surface area contributed by atoms with E-state index >= 15 is 0 Å². The number of piperidine rings is 1. The number of nitrogens with one attached hydrogen (secondary N) is 1. The molecule has 2 aliphatic heterocycles. The fourth-order valence-electron chi connectivity index (χ4n) is 3.95. The molecule has 1 saturated heterocycles. The number of nitrogens with zero attached hydrogens (tertiary/aromatic N) is 3. The van der Waals surface area contributed by atoms with Gasteiger partial charge in [0.05, 0.1) is 18.7 Å².